The number of carbonyl (C=O) groups excluding carboxylic acids is 2. The molecule has 2 aromatic rings. The Kier molecular flexibility index (Phi) is 8.40. The zero-order valence-electron chi connectivity index (χ0n) is 17.2. The molecule has 0 aliphatic heterocycles. The van der Waals surface area contributed by atoms with E-state index in [0.29, 0.717) is 11.4 Å². The minimum atomic E-state index is -3.89. The first-order valence-corrected chi connectivity index (χ1v) is 11.3. The quantitative estimate of drug-likeness (QED) is 0.634. The standard InChI is InChI=1S/C21H26ClN3O4S/c1-4-19(21(27)23-2)25(14-16-8-6-5-7-9-16)20(26)15-24(3)30(28,29)18-12-10-17(22)11-13-18/h5-13,19H,4,14-15H2,1-3H3,(H,23,27)/t19-/m0/s1. The highest BCUT2D eigenvalue weighted by molar-refractivity contribution is 7.89. The van der Waals surface area contributed by atoms with Crippen LogP contribution in [0.15, 0.2) is 59.5 Å². The molecule has 0 aromatic heterocycles. The number of hydrogen-bond acceptors (Lipinski definition) is 4. The Labute approximate surface area is 182 Å². The maximum Gasteiger partial charge on any atom is 0.243 e. The molecule has 0 aliphatic rings. The molecule has 0 saturated heterocycles. The van der Waals surface area contributed by atoms with Crippen molar-refractivity contribution in [1.29, 1.82) is 0 Å². The average molecular weight is 452 g/mol. The number of amides is 2. The summed E-state index contributed by atoms with van der Waals surface area (Å²) >= 11 is 5.83. The molecule has 1 atom stereocenters. The van der Waals surface area contributed by atoms with Crippen LogP contribution in [0.4, 0.5) is 0 Å². The maximum absolute atomic E-state index is 13.1. The van der Waals surface area contributed by atoms with Gasteiger partial charge in [0.15, 0.2) is 0 Å². The van der Waals surface area contributed by atoms with E-state index in [1.54, 1.807) is 6.92 Å². The molecule has 2 aromatic carbocycles. The van der Waals surface area contributed by atoms with Crippen molar-refractivity contribution in [2.75, 3.05) is 20.6 Å². The highest BCUT2D eigenvalue weighted by Crippen LogP contribution is 2.19. The molecule has 0 heterocycles. The second-order valence-corrected chi connectivity index (χ2v) is 9.24. The van der Waals surface area contributed by atoms with Crippen molar-refractivity contribution < 1.29 is 18.0 Å². The fraction of sp³-hybridized carbons (Fsp3) is 0.333. The van der Waals surface area contributed by atoms with Crippen molar-refractivity contribution in [2.24, 2.45) is 0 Å². The molecule has 1 N–H and O–H groups in total. The lowest BCUT2D eigenvalue weighted by Crippen LogP contribution is -2.51. The Morgan fingerprint density at radius 2 is 1.67 bits per heavy atom. The first-order chi connectivity index (χ1) is 14.2. The first kappa shape index (κ1) is 23.9. The molecule has 2 rings (SSSR count). The molecule has 0 radical (unpaired) electrons. The van der Waals surface area contributed by atoms with Gasteiger partial charge in [0, 0.05) is 25.7 Å². The summed E-state index contributed by atoms with van der Waals surface area (Å²) < 4.78 is 26.6. The lowest BCUT2D eigenvalue weighted by molar-refractivity contribution is -0.141. The molecule has 162 valence electrons. The van der Waals surface area contributed by atoms with Crippen LogP contribution in [0.2, 0.25) is 5.02 Å². The molecule has 0 aliphatic carbocycles. The molecule has 0 fully saturated rings. The number of nitrogens with zero attached hydrogens (tertiary/aromatic N) is 2. The Bertz CT molecular complexity index is 966. The van der Waals surface area contributed by atoms with E-state index >= 15 is 0 Å². The molecule has 2 amide bonds. The third kappa shape index (κ3) is 5.81. The second kappa shape index (κ2) is 10.6. The zero-order valence-corrected chi connectivity index (χ0v) is 18.8. The zero-order chi connectivity index (χ0) is 22.3. The number of nitrogens with one attached hydrogen (secondary N) is 1. The summed E-state index contributed by atoms with van der Waals surface area (Å²) in [4.78, 5) is 27.0. The molecule has 0 unspecified atom stereocenters. The average Bonchev–Trinajstić information content (AvgIpc) is 2.74. The largest absolute Gasteiger partial charge is 0.357 e. The van der Waals surface area contributed by atoms with E-state index in [0.717, 1.165) is 9.87 Å². The normalized spacial score (nSPS) is 12.4. The number of carbonyl (C=O) groups is 2. The highest BCUT2D eigenvalue weighted by Gasteiger charge is 2.31. The van der Waals surface area contributed by atoms with E-state index in [1.165, 1.54) is 43.3 Å². The van der Waals surface area contributed by atoms with Crippen LogP contribution in [-0.4, -0.2) is 56.1 Å². The SMILES string of the molecule is CC[C@@H](C(=O)NC)N(Cc1ccccc1)C(=O)CN(C)S(=O)(=O)c1ccc(Cl)cc1. The lowest BCUT2D eigenvalue weighted by atomic mass is 10.1. The summed E-state index contributed by atoms with van der Waals surface area (Å²) in [6.07, 6.45) is 0.395. The summed E-state index contributed by atoms with van der Waals surface area (Å²) in [6, 6.07) is 14.3. The van der Waals surface area contributed by atoms with Gasteiger partial charge in [0.05, 0.1) is 11.4 Å². The van der Waals surface area contributed by atoms with Gasteiger partial charge in [-0.15, -0.1) is 0 Å². The molecule has 0 spiro atoms. The molecule has 0 saturated carbocycles. The van der Waals surface area contributed by atoms with Gasteiger partial charge in [-0.25, -0.2) is 8.42 Å². The third-order valence-corrected chi connectivity index (χ3v) is 6.78. The van der Waals surface area contributed by atoms with E-state index in [4.69, 9.17) is 11.6 Å². The topological polar surface area (TPSA) is 86.8 Å². The number of halogens is 1. The Morgan fingerprint density at radius 3 is 2.20 bits per heavy atom. The van der Waals surface area contributed by atoms with Gasteiger partial charge in [-0.05, 0) is 36.2 Å². The van der Waals surface area contributed by atoms with Crippen LogP contribution in [0, 0.1) is 0 Å². The van der Waals surface area contributed by atoms with Crippen LogP contribution in [0.5, 0.6) is 0 Å². The fourth-order valence-electron chi connectivity index (χ4n) is 3.02. The minimum Gasteiger partial charge on any atom is -0.357 e. The van der Waals surface area contributed by atoms with Crippen molar-refractivity contribution in [3.8, 4) is 0 Å². The van der Waals surface area contributed by atoms with E-state index in [1.807, 2.05) is 30.3 Å². The van der Waals surface area contributed by atoms with Crippen LogP contribution in [0.3, 0.4) is 0 Å². The Balaban J connectivity index is 2.27. The summed E-state index contributed by atoms with van der Waals surface area (Å²) in [5.74, 6) is -0.765. The molecule has 30 heavy (non-hydrogen) atoms. The van der Waals surface area contributed by atoms with Gasteiger partial charge in [-0.3, -0.25) is 9.59 Å². The highest BCUT2D eigenvalue weighted by atomic mass is 35.5. The smallest absolute Gasteiger partial charge is 0.243 e. The van der Waals surface area contributed by atoms with Gasteiger partial charge in [0.2, 0.25) is 21.8 Å². The van der Waals surface area contributed by atoms with Crippen molar-refractivity contribution in [1.82, 2.24) is 14.5 Å². The number of benzene rings is 2. The number of sulfonamides is 1. The fourth-order valence-corrected chi connectivity index (χ4v) is 4.27. The van der Waals surface area contributed by atoms with Crippen molar-refractivity contribution >= 4 is 33.4 Å². The van der Waals surface area contributed by atoms with E-state index in [2.05, 4.69) is 5.32 Å². The summed E-state index contributed by atoms with van der Waals surface area (Å²) in [5.41, 5.74) is 0.844. The van der Waals surface area contributed by atoms with E-state index < -0.39 is 28.5 Å². The van der Waals surface area contributed by atoms with Gasteiger partial charge in [0.25, 0.3) is 0 Å². The third-order valence-electron chi connectivity index (χ3n) is 4.71. The number of rotatable bonds is 9. The van der Waals surface area contributed by atoms with Crippen LogP contribution in [-0.2, 0) is 26.2 Å². The monoisotopic (exact) mass is 451 g/mol. The van der Waals surface area contributed by atoms with Gasteiger partial charge in [-0.2, -0.15) is 4.31 Å². The Hall–Kier alpha value is -2.42. The van der Waals surface area contributed by atoms with Crippen molar-refractivity contribution in [3.05, 3.63) is 65.2 Å². The van der Waals surface area contributed by atoms with E-state index in [9.17, 15) is 18.0 Å². The molecule has 0 bridgehead atoms. The summed E-state index contributed by atoms with van der Waals surface area (Å²) in [5, 5.41) is 2.99. The van der Waals surface area contributed by atoms with Gasteiger partial charge >= 0.3 is 0 Å². The minimum absolute atomic E-state index is 0.0372. The summed E-state index contributed by atoms with van der Waals surface area (Å²) in [6.45, 7) is 1.60. The van der Waals surface area contributed by atoms with Crippen LogP contribution in [0.1, 0.15) is 18.9 Å². The van der Waals surface area contributed by atoms with Gasteiger partial charge < -0.3 is 10.2 Å². The number of likely N-dealkylation sites (N-methyl/N-ethyl adjacent to an activating group) is 2. The lowest BCUT2D eigenvalue weighted by Gasteiger charge is -2.31. The van der Waals surface area contributed by atoms with Crippen molar-refractivity contribution in [3.63, 3.8) is 0 Å². The molecule has 9 heteroatoms. The number of hydrogen-bond donors (Lipinski definition) is 1. The van der Waals surface area contributed by atoms with E-state index in [-0.39, 0.29) is 17.3 Å². The second-order valence-electron chi connectivity index (χ2n) is 6.76. The predicted molar refractivity (Wildman–Crippen MR) is 116 cm³/mol. The first-order valence-electron chi connectivity index (χ1n) is 9.47. The van der Waals surface area contributed by atoms with Crippen LogP contribution in [0.25, 0.3) is 0 Å². The van der Waals surface area contributed by atoms with Crippen molar-refractivity contribution in [2.45, 2.75) is 30.8 Å². The van der Waals surface area contributed by atoms with Crippen LogP contribution < -0.4 is 5.32 Å². The predicted octanol–water partition coefficient (Wildman–Crippen LogP) is 2.51. The summed E-state index contributed by atoms with van der Waals surface area (Å²) in [7, 11) is -1.04. The van der Waals surface area contributed by atoms with Gasteiger partial charge in [0.1, 0.15) is 6.04 Å². The van der Waals surface area contributed by atoms with Crippen LogP contribution >= 0.6 is 11.6 Å². The molecular formula is C21H26ClN3O4S. The molecule has 7 nitrogen and oxygen atoms in total. The Morgan fingerprint density at radius 1 is 1.07 bits per heavy atom. The maximum atomic E-state index is 13.1. The van der Waals surface area contributed by atoms with Gasteiger partial charge in [-0.1, -0.05) is 48.9 Å². The molecular weight excluding hydrogens is 426 g/mol.